The third-order valence-corrected chi connectivity index (χ3v) is 5.90. The molecule has 2 fully saturated rings. The standard InChI is InChI=1S/C21H28N4O3/c26-21(27)24-19-6-2-1-5-18(19)23-16-4-3-11-25(13-16)17-9-7-15(8-10-17)20-12-22-14-28-20/h7-10,12,14,16,18-19,23-24H,1-6,11,13H2,(H,26,27). The summed E-state index contributed by atoms with van der Waals surface area (Å²) in [5, 5.41) is 15.6. The number of hydrogen-bond donors (Lipinski definition) is 3. The minimum atomic E-state index is -0.921. The van der Waals surface area contributed by atoms with E-state index >= 15 is 0 Å². The van der Waals surface area contributed by atoms with Gasteiger partial charge in [-0.3, -0.25) is 0 Å². The van der Waals surface area contributed by atoms with Gasteiger partial charge in [0.2, 0.25) is 0 Å². The third kappa shape index (κ3) is 4.47. The van der Waals surface area contributed by atoms with Crippen LogP contribution in [-0.2, 0) is 0 Å². The highest BCUT2D eigenvalue weighted by molar-refractivity contribution is 5.65. The van der Waals surface area contributed by atoms with E-state index in [1.54, 1.807) is 6.20 Å². The van der Waals surface area contributed by atoms with Crippen LogP contribution in [0.3, 0.4) is 0 Å². The zero-order valence-corrected chi connectivity index (χ0v) is 16.0. The molecule has 1 aliphatic carbocycles. The van der Waals surface area contributed by atoms with E-state index in [0.717, 1.165) is 62.9 Å². The maximum Gasteiger partial charge on any atom is 0.404 e. The van der Waals surface area contributed by atoms with Crippen molar-refractivity contribution in [1.29, 1.82) is 0 Å². The summed E-state index contributed by atoms with van der Waals surface area (Å²) in [4.78, 5) is 17.5. The Labute approximate surface area is 165 Å². The summed E-state index contributed by atoms with van der Waals surface area (Å²) in [7, 11) is 0. The van der Waals surface area contributed by atoms with Crippen molar-refractivity contribution in [1.82, 2.24) is 15.6 Å². The monoisotopic (exact) mass is 384 g/mol. The molecule has 150 valence electrons. The van der Waals surface area contributed by atoms with E-state index in [2.05, 4.69) is 44.8 Å². The van der Waals surface area contributed by atoms with Gasteiger partial charge in [0.05, 0.1) is 6.20 Å². The Morgan fingerprint density at radius 1 is 1.11 bits per heavy atom. The van der Waals surface area contributed by atoms with Crippen LogP contribution in [0, 0.1) is 0 Å². The molecule has 7 nitrogen and oxygen atoms in total. The molecule has 3 N–H and O–H groups in total. The first-order chi connectivity index (χ1) is 13.7. The second kappa shape index (κ2) is 8.65. The van der Waals surface area contributed by atoms with Crippen molar-refractivity contribution in [3.63, 3.8) is 0 Å². The smallest absolute Gasteiger partial charge is 0.404 e. The number of aromatic nitrogens is 1. The van der Waals surface area contributed by atoms with Crippen molar-refractivity contribution in [2.75, 3.05) is 18.0 Å². The average molecular weight is 384 g/mol. The fourth-order valence-electron chi connectivity index (χ4n) is 4.51. The van der Waals surface area contributed by atoms with Gasteiger partial charge in [-0.2, -0.15) is 0 Å². The first kappa shape index (κ1) is 18.8. The van der Waals surface area contributed by atoms with E-state index in [1.807, 2.05) is 0 Å². The summed E-state index contributed by atoms with van der Waals surface area (Å²) in [5.74, 6) is 0.777. The predicted molar refractivity (Wildman–Crippen MR) is 108 cm³/mol. The van der Waals surface area contributed by atoms with Crippen molar-refractivity contribution in [2.24, 2.45) is 0 Å². The van der Waals surface area contributed by atoms with E-state index in [-0.39, 0.29) is 12.1 Å². The molecule has 2 aliphatic rings. The van der Waals surface area contributed by atoms with Crippen LogP contribution < -0.4 is 15.5 Å². The minimum absolute atomic E-state index is 0.0165. The van der Waals surface area contributed by atoms with Gasteiger partial charge in [0.15, 0.2) is 12.2 Å². The molecular weight excluding hydrogens is 356 g/mol. The number of anilines is 1. The number of carbonyl (C=O) groups is 1. The second-order valence-corrected chi connectivity index (χ2v) is 7.81. The maximum atomic E-state index is 11.1. The fourth-order valence-corrected chi connectivity index (χ4v) is 4.51. The molecule has 0 bridgehead atoms. The molecule has 1 saturated carbocycles. The molecule has 3 unspecified atom stereocenters. The number of oxazole rings is 1. The lowest BCUT2D eigenvalue weighted by molar-refractivity contribution is 0.176. The van der Waals surface area contributed by atoms with Gasteiger partial charge >= 0.3 is 6.09 Å². The van der Waals surface area contributed by atoms with Crippen LogP contribution in [0.25, 0.3) is 11.3 Å². The Morgan fingerprint density at radius 2 is 1.89 bits per heavy atom. The molecule has 2 heterocycles. The average Bonchev–Trinajstić information content (AvgIpc) is 3.24. The summed E-state index contributed by atoms with van der Waals surface area (Å²) in [6, 6.07) is 9.03. The highest BCUT2D eigenvalue weighted by Gasteiger charge is 2.30. The van der Waals surface area contributed by atoms with E-state index in [0.29, 0.717) is 6.04 Å². The molecule has 1 saturated heterocycles. The number of nitrogens with one attached hydrogen (secondary N) is 2. The van der Waals surface area contributed by atoms with Gasteiger partial charge in [-0.1, -0.05) is 12.8 Å². The van der Waals surface area contributed by atoms with E-state index in [4.69, 9.17) is 9.52 Å². The molecule has 0 radical (unpaired) electrons. The molecule has 3 atom stereocenters. The van der Waals surface area contributed by atoms with Crippen LogP contribution in [0.1, 0.15) is 38.5 Å². The first-order valence-electron chi connectivity index (χ1n) is 10.2. The highest BCUT2D eigenvalue weighted by Crippen LogP contribution is 2.26. The Balaban J connectivity index is 1.38. The van der Waals surface area contributed by atoms with Crippen LogP contribution in [0.4, 0.5) is 10.5 Å². The van der Waals surface area contributed by atoms with Crippen LogP contribution in [-0.4, -0.2) is 47.4 Å². The fraction of sp³-hybridized carbons (Fsp3) is 0.524. The van der Waals surface area contributed by atoms with Crippen molar-refractivity contribution >= 4 is 11.8 Å². The lowest BCUT2D eigenvalue weighted by atomic mass is 9.89. The van der Waals surface area contributed by atoms with E-state index < -0.39 is 6.09 Å². The number of rotatable bonds is 5. The normalized spacial score (nSPS) is 25.4. The number of amides is 1. The lowest BCUT2D eigenvalue weighted by Gasteiger charge is -2.40. The van der Waals surface area contributed by atoms with Gasteiger partial charge in [0.25, 0.3) is 0 Å². The molecule has 0 spiro atoms. The Bertz CT molecular complexity index is 762. The zero-order chi connectivity index (χ0) is 19.3. The van der Waals surface area contributed by atoms with Crippen molar-refractivity contribution in [3.05, 3.63) is 36.9 Å². The molecule has 7 heteroatoms. The largest absolute Gasteiger partial charge is 0.465 e. The minimum Gasteiger partial charge on any atom is -0.465 e. The van der Waals surface area contributed by atoms with Gasteiger partial charge in [0.1, 0.15) is 0 Å². The molecule has 2 aromatic rings. The van der Waals surface area contributed by atoms with Crippen molar-refractivity contribution in [3.8, 4) is 11.3 Å². The topological polar surface area (TPSA) is 90.6 Å². The molecule has 1 aliphatic heterocycles. The molecular formula is C21H28N4O3. The van der Waals surface area contributed by atoms with Gasteiger partial charge in [-0.15, -0.1) is 0 Å². The van der Waals surface area contributed by atoms with Crippen molar-refractivity contribution < 1.29 is 14.3 Å². The molecule has 4 rings (SSSR count). The summed E-state index contributed by atoms with van der Waals surface area (Å²) < 4.78 is 5.36. The summed E-state index contributed by atoms with van der Waals surface area (Å²) >= 11 is 0. The van der Waals surface area contributed by atoms with E-state index in [1.165, 1.54) is 12.1 Å². The summed E-state index contributed by atoms with van der Waals surface area (Å²) in [5.41, 5.74) is 2.23. The van der Waals surface area contributed by atoms with Crippen LogP contribution in [0.15, 0.2) is 41.3 Å². The Morgan fingerprint density at radius 3 is 2.61 bits per heavy atom. The second-order valence-electron chi connectivity index (χ2n) is 7.81. The summed E-state index contributed by atoms with van der Waals surface area (Å²) in [6.45, 7) is 1.99. The highest BCUT2D eigenvalue weighted by atomic mass is 16.4. The van der Waals surface area contributed by atoms with Gasteiger partial charge < -0.3 is 25.1 Å². The third-order valence-electron chi connectivity index (χ3n) is 5.90. The van der Waals surface area contributed by atoms with Crippen LogP contribution >= 0.6 is 0 Å². The molecule has 28 heavy (non-hydrogen) atoms. The zero-order valence-electron chi connectivity index (χ0n) is 16.0. The van der Waals surface area contributed by atoms with E-state index in [9.17, 15) is 4.79 Å². The SMILES string of the molecule is O=C(O)NC1CCCCC1NC1CCCN(c2ccc(-c3cnco3)cc2)C1. The van der Waals surface area contributed by atoms with Crippen LogP contribution in [0.2, 0.25) is 0 Å². The van der Waals surface area contributed by atoms with Gasteiger partial charge in [-0.05, 0) is 49.9 Å². The van der Waals surface area contributed by atoms with Gasteiger partial charge in [0, 0.05) is 42.5 Å². The maximum absolute atomic E-state index is 11.1. The predicted octanol–water partition coefficient (Wildman–Crippen LogP) is 3.48. The Kier molecular flexibility index (Phi) is 5.81. The number of piperidine rings is 1. The Hall–Kier alpha value is -2.54. The molecule has 1 aromatic carbocycles. The van der Waals surface area contributed by atoms with Gasteiger partial charge in [-0.25, -0.2) is 9.78 Å². The number of hydrogen-bond acceptors (Lipinski definition) is 5. The number of carboxylic acid groups (broad SMARTS) is 1. The summed E-state index contributed by atoms with van der Waals surface area (Å²) in [6.07, 6.45) is 8.72. The number of nitrogens with zero attached hydrogens (tertiary/aromatic N) is 2. The number of benzene rings is 1. The van der Waals surface area contributed by atoms with Crippen molar-refractivity contribution in [2.45, 2.75) is 56.7 Å². The quantitative estimate of drug-likeness (QED) is 0.731. The lowest BCUT2D eigenvalue weighted by Crippen LogP contribution is -2.57. The molecule has 1 aromatic heterocycles. The first-order valence-corrected chi connectivity index (χ1v) is 10.2. The molecule has 1 amide bonds. The van der Waals surface area contributed by atoms with Crippen LogP contribution in [0.5, 0.6) is 0 Å².